The molecular formula is C24H24F3N3O2. The number of hydrogen-bond donors (Lipinski definition) is 2. The molecule has 5 nitrogen and oxygen atoms in total. The lowest BCUT2D eigenvalue weighted by Crippen LogP contribution is -2.47. The summed E-state index contributed by atoms with van der Waals surface area (Å²) in [5.41, 5.74) is 0.197. The van der Waals surface area contributed by atoms with Crippen LogP contribution in [0.2, 0.25) is 0 Å². The maximum absolute atomic E-state index is 13.6. The van der Waals surface area contributed by atoms with Gasteiger partial charge in [-0.3, -0.25) is 15.0 Å². The minimum Gasteiger partial charge on any atom is -0.325 e. The van der Waals surface area contributed by atoms with Crippen LogP contribution in [0.1, 0.15) is 39.2 Å². The van der Waals surface area contributed by atoms with Crippen LogP contribution in [-0.4, -0.2) is 17.4 Å². The number of halogens is 3. The van der Waals surface area contributed by atoms with Crippen molar-refractivity contribution in [2.75, 3.05) is 10.7 Å². The predicted molar refractivity (Wildman–Crippen MR) is 116 cm³/mol. The first-order valence-electron chi connectivity index (χ1n) is 10.4. The van der Waals surface area contributed by atoms with E-state index in [4.69, 9.17) is 0 Å². The minimum atomic E-state index is -4.53. The number of para-hydroxylation sites is 1. The molecular weight excluding hydrogens is 419 g/mol. The third-order valence-electron chi connectivity index (χ3n) is 7.48. The van der Waals surface area contributed by atoms with Crippen LogP contribution in [0.5, 0.6) is 0 Å². The number of carbonyl (C=O) groups excluding carboxylic acids is 2. The molecule has 168 valence electrons. The van der Waals surface area contributed by atoms with Gasteiger partial charge in [-0.15, -0.1) is 0 Å². The molecule has 2 atom stereocenters. The fourth-order valence-electron chi connectivity index (χ4n) is 5.12. The highest BCUT2D eigenvalue weighted by molar-refractivity contribution is 6.51. The molecule has 2 N–H and O–H groups in total. The molecule has 2 bridgehead atoms. The highest BCUT2D eigenvalue weighted by atomic mass is 19.4. The summed E-state index contributed by atoms with van der Waals surface area (Å²) in [6, 6.07) is 13.6. The Kier molecular flexibility index (Phi) is 4.95. The Hall–Kier alpha value is -3.16. The van der Waals surface area contributed by atoms with E-state index in [2.05, 4.69) is 15.8 Å². The summed E-state index contributed by atoms with van der Waals surface area (Å²) in [7, 11) is 0. The number of amides is 1. The highest BCUT2D eigenvalue weighted by Crippen LogP contribution is 2.69. The molecule has 0 spiro atoms. The molecule has 2 saturated carbocycles. The van der Waals surface area contributed by atoms with Crippen molar-refractivity contribution >= 4 is 28.8 Å². The van der Waals surface area contributed by atoms with Gasteiger partial charge in [-0.2, -0.15) is 18.3 Å². The summed E-state index contributed by atoms with van der Waals surface area (Å²) >= 11 is 0. The zero-order valence-electron chi connectivity index (χ0n) is 18.0. The molecule has 2 aromatic carbocycles. The van der Waals surface area contributed by atoms with Gasteiger partial charge in [0.05, 0.1) is 11.3 Å². The Balaban J connectivity index is 1.68. The van der Waals surface area contributed by atoms with Crippen molar-refractivity contribution in [3.05, 3.63) is 60.2 Å². The van der Waals surface area contributed by atoms with E-state index < -0.39 is 33.9 Å². The molecule has 2 aliphatic rings. The van der Waals surface area contributed by atoms with Gasteiger partial charge in [-0.05, 0) is 48.6 Å². The molecule has 4 rings (SSSR count). The van der Waals surface area contributed by atoms with Crippen molar-refractivity contribution in [3.63, 3.8) is 0 Å². The summed E-state index contributed by atoms with van der Waals surface area (Å²) < 4.78 is 39.2. The van der Waals surface area contributed by atoms with Gasteiger partial charge < -0.3 is 5.32 Å². The Morgan fingerprint density at radius 3 is 2.28 bits per heavy atom. The Labute approximate surface area is 184 Å². The van der Waals surface area contributed by atoms with Crippen LogP contribution < -0.4 is 10.7 Å². The van der Waals surface area contributed by atoms with Gasteiger partial charge in [0.25, 0.3) is 0 Å². The van der Waals surface area contributed by atoms with Gasteiger partial charge >= 0.3 is 6.18 Å². The summed E-state index contributed by atoms with van der Waals surface area (Å²) in [4.78, 5) is 27.0. The Bertz CT molecular complexity index is 1110. The van der Waals surface area contributed by atoms with Crippen molar-refractivity contribution in [3.8, 4) is 0 Å². The molecule has 32 heavy (non-hydrogen) atoms. The molecule has 0 radical (unpaired) electrons. The van der Waals surface area contributed by atoms with Gasteiger partial charge in [0.1, 0.15) is 11.1 Å². The van der Waals surface area contributed by atoms with Crippen molar-refractivity contribution in [1.29, 1.82) is 0 Å². The first kappa shape index (κ1) is 22.0. The number of alkyl halides is 3. The van der Waals surface area contributed by atoms with E-state index in [1.165, 1.54) is 12.1 Å². The fourth-order valence-corrected chi connectivity index (χ4v) is 5.12. The average molecular weight is 443 g/mol. The van der Waals surface area contributed by atoms with Gasteiger partial charge in [0, 0.05) is 11.1 Å². The van der Waals surface area contributed by atoms with E-state index >= 15 is 0 Å². The molecule has 8 heteroatoms. The van der Waals surface area contributed by atoms with E-state index in [9.17, 15) is 22.8 Å². The minimum absolute atomic E-state index is 0.00389. The molecule has 0 heterocycles. The third kappa shape index (κ3) is 3.04. The van der Waals surface area contributed by atoms with E-state index in [0.29, 0.717) is 18.5 Å². The van der Waals surface area contributed by atoms with E-state index in [0.717, 1.165) is 12.1 Å². The largest absolute Gasteiger partial charge is 0.416 e. The van der Waals surface area contributed by atoms with Crippen molar-refractivity contribution in [2.24, 2.45) is 21.3 Å². The van der Waals surface area contributed by atoms with Crippen LogP contribution >= 0.6 is 0 Å². The van der Waals surface area contributed by atoms with Crippen LogP contribution in [-0.2, 0) is 15.8 Å². The number of fused-ring (bicyclic) bond motifs is 2. The molecule has 0 aliphatic heterocycles. The molecule has 2 aromatic rings. The van der Waals surface area contributed by atoms with E-state index in [-0.39, 0.29) is 17.2 Å². The second-order valence-corrected chi connectivity index (χ2v) is 9.16. The van der Waals surface area contributed by atoms with Gasteiger partial charge in [-0.25, -0.2) is 0 Å². The molecule has 0 aromatic heterocycles. The number of hydrazone groups is 1. The predicted octanol–water partition coefficient (Wildman–Crippen LogP) is 5.51. The Morgan fingerprint density at radius 1 is 0.969 bits per heavy atom. The molecule has 2 unspecified atom stereocenters. The monoisotopic (exact) mass is 443 g/mol. The molecule has 1 amide bonds. The number of benzene rings is 2. The maximum Gasteiger partial charge on any atom is 0.416 e. The van der Waals surface area contributed by atoms with Crippen molar-refractivity contribution in [1.82, 2.24) is 0 Å². The smallest absolute Gasteiger partial charge is 0.325 e. The number of rotatable bonds is 4. The van der Waals surface area contributed by atoms with Crippen LogP contribution in [0.3, 0.4) is 0 Å². The SMILES string of the molecule is CC12CCC(C(=O)Nc3cccc(C(F)(F)F)c3)(C(=O)/C1=N\Nc1ccccc1)C2(C)C. The number of carbonyl (C=O) groups is 2. The number of nitrogens with zero attached hydrogens (tertiary/aromatic N) is 1. The Morgan fingerprint density at radius 2 is 1.62 bits per heavy atom. The average Bonchev–Trinajstić information content (AvgIpc) is 3.02. The second-order valence-electron chi connectivity index (χ2n) is 9.16. The van der Waals surface area contributed by atoms with E-state index in [1.54, 1.807) is 0 Å². The zero-order chi connectivity index (χ0) is 23.4. The lowest BCUT2D eigenvalue weighted by atomic mass is 9.64. The highest BCUT2D eigenvalue weighted by Gasteiger charge is 2.76. The lowest BCUT2D eigenvalue weighted by molar-refractivity contribution is -0.140. The first-order valence-corrected chi connectivity index (χ1v) is 10.4. The van der Waals surface area contributed by atoms with E-state index in [1.807, 2.05) is 51.1 Å². The summed E-state index contributed by atoms with van der Waals surface area (Å²) in [5, 5.41) is 6.97. The molecule has 2 aliphatic carbocycles. The van der Waals surface area contributed by atoms with Crippen molar-refractivity contribution in [2.45, 2.75) is 39.8 Å². The number of anilines is 2. The van der Waals surface area contributed by atoms with Crippen molar-refractivity contribution < 1.29 is 22.8 Å². The number of nitrogens with one attached hydrogen (secondary N) is 2. The van der Waals surface area contributed by atoms with Gasteiger partial charge in [0.15, 0.2) is 5.78 Å². The quantitative estimate of drug-likeness (QED) is 0.484. The second kappa shape index (κ2) is 7.18. The van der Waals surface area contributed by atoms with Crippen LogP contribution in [0.25, 0.3) is 0 Å². The van der Waals surface area contributed by atoms with Gasteiger partial charge in [0.2, 0.25) is 5.91 Å². The number of hydrogen-bond acceptors (Lipinski definition) is 4. The fraction of sp³-hybridized carbons (Fsp3) is 0.375. The molecule has 2 fully saturated rings. The zero-order valence-corrected chi connectivity index (χ0v) is 18.0. The van der Waals surface area contributed by atoms with Crippen LogP contribution in [0, 0.1) is 16.2 Å². The van der Waals surface area contributed by atoms with Crippen LogP contribution in [0.15, 0.2) is 59.7 Å². The van der Waals surface area contributed by atoms with Crippen LogP contribution in [0.4, 0.5) is 24.5 Å². The summed E-state index contributed by atoms with van der Waals surface area (Å²) in [6.45, 7) is 5.63. The summed E-state index contributed by atoms with van der Waals surface area (Å²) in [6.07, 6.45) is -3.65. The maximum atomic E-state index is 13.6. The topological polar surface area (TPSA) is 70.6 Å². The summed E-state index contributed by atoms with van der Waals surface area (Å²) in [5.74, 6) is -0.982. The molecule has 0 saturated heterocycles. The van der Waals surface area contributed by atoms with Gasteiger partial charge in [-0.1, -0.05) is 45.0 Å². The number of ketones is 1. The third-order valence-corrected chi connectivity index (χ3v) is 7.48. The lowest BCUT2D eigenvalue weighted by Gasteiger charge is -2.37. The number of Topliss-reactive ketones (excluding diaryl/α,β-unsaturated/α-hetero) is 1. The normalized spacial score (nSPS) is 27.6. The standard InChI is InChI=1S/C24H24F3N3O2/c1-21(2)22(3)12-13-23(21,19(31)18(22)30-29-16-9-5-4-6-10-16)20(32)28-17-11-7-8-15(14-17)24(25,26)27/h4-11,14,29H,12-13H2,1-3H3,(H,28,32)/b30-18+. The first-order chi connectivity index (χ1) is 14.9.